The molecule has 1 saturated carbocycles. The Labute approximate surface area is 411 Å². The van der Waals surface area contributed by atoms with Gasteiger partial charge in [-0.05, 0) is 116 Å². The highest BCUT2D eigenvalue weighted by molar-refractivity contribution is 6.03. The van der Waals surface area contributed by atoms with Crippen LogP contribution in [0.25, 0.3) is 0 Å². The number of pyridine rings is 1. The lowest BCUT2D eigenvalue weighted by molar-refractivity contribution is -0.256. The van der Waals surface area contributed by atoms with Crippen LogP contribution in [0.3, 0.4) is 0 Å². The number of fused-ring (bicyclic) bond motifs is 2. The maximum absolute atomic E-state index is 15.0. The molecule has 1 saturated heterocycles. The lowest BCUT2D eigenvalue weighted by Gasteiger charge is -2.60. The summed E-state index contributed by atoms with van der Waals surface area (Å²) < 4.78 is 53.6. The normalized spacial score (nSPS) is 24.1. The first-order chi connectivity index (χ1) is 34.3. The molecule has 374 valence electrons. The average molecular weight is 962 g/mol. The van der Waals surface area contributed by atoms with E-state index in [1.165, 1.54) is 12.1 Å². The van der Waals surface area contributed by atoms with Crippen LogP contribution in [0.4, 0.5) is 9.18 Å². The van der Waals surface area contributed by atoms with Crippen molar-refractivity contribution in [1.29, 1.82) is 0 Å². The number of hydrogen-bond donors (Lipinski definition) is 2. The molecule has 1 aromatic heterocycles. The predicted molar refractivity (Wildman–Crippen MR) is 262 cm³/mol. The highest BCUT2D eigenvalue weighted by atomic mass is 19.1. The molecule has 2 aliphatic carbocycles. The number of carbonyl (C=O) groups is 1. The highest BCUT2D eigenvalue weighted by Gasteiger charge is 2.66. The van der Waals surface area contributed by atoms with Crippen molar-refractivity contribution in [2.75, 3.05) is 39.6 Å². The number of amides is 1. The van der Waals surface area contributed by atoms with Gasteiger partial charge in [-0.15, -0.1) is 6.58 Å². The summed E-state index contributed by atoms with van der Waals surface area (Å²) in [5, 5.41) is 25.1. The number of unbranched alkanes of at least 4 members (excludes halogenated alkanes) is 2. The molecular weight excluding hydrogens is 894 g/mol. The minimum Gasteiger partial charge on any atom is -0.487 e. The molecule has 3 heterocycles. The van der Waals surface area contributed by atoms with Gasteiger partial charge in [-0.1, -0.05) is 78.7 Å². The number of allylic oxidation sites excluding steroid dienone is 1. The van der Waals surface area contributed by atoms with Crippen molar-refractivity contribution >= 4 is 11.8 Å². The maximum Gasteiger partial charge on any atom is 0.410 e. The van der Waals surface area contributed by atoms with E-state index < -0.39 is 35.9 Å². The van der Waals surface area contributed by atoms with E-state index in [9.17, 15) is 14.6 Å². The molecule has 7 atom stereocenters. The number of carbonyl (C=O) groups excluding carboxylic acids is 1. The molecule has 0 bridgehead atoms. The zero-order chi connectivity index (χ0) is 48.7. The Morgan fingerprint density at radius 3 is 2.51 bits per heavy atom. The molecule has 2 fully saturated rings. The van der Waals surface area contributed by atoms with Crippen LogP contribution < -0.4 is 9.47 Å². The number of benzene rings is 3. The van der Waals surface area contributed by atoms with Crippen LogP contribution in [0, 0.1) is 30.5 Å². The SMILES string of the molecule is C=CCO[C@@]12Oc3ccc(OCc4cccc(C)n4)cc3[C@H]3[C@H](CCCCO)[C@@H](CCCCO)C=C(C(=NOC4CCCCO4)C[C@@H]1N(Cc1ccc(F)cc1)C(=O)OCCOCc1ccccc1)[C@H]32. The number of aliphatic hydroxyl groups excluding tert-OH is 2. The second kappa shape index (κ2) is 25.0. The highest BCUT2D eigenvalue weighted by Crippen LogP contribution is 2.62. The van der Waals surface area contributed by atoms with Crippen molar-refractivity contribution in [3.05, 3.63) is 149 Å². The van der Waals surface area contributed by atoms with Gasteiger partial charge in [-0.3, -0.25) is 9.88 Å². The molecule has 70 heavy (non-hydrogen) atoms. The summed E-state index contributed by atoms with van der Waals surface area (Å²) in [6.07, 6.45) is 9.88. The molecule has 1 amide bonds. The predicted octanol–water partition coefficient (Wildman–Crippen LogP) is 10.1. The first-order valence-electron chi connectivity index (χ1n) is 25.0. The number of halogens is 1. The summed E-state index contributed by atoms with van der Waals surface area (Å²) in [5.74, 6) is -1.59. The van der Waals surface area contributed by atoms with E-state index in [2.05, 4.69) is 23.7 Å². The van der Waals surface area contributed by atoms with E-state index in [0.29, 0.717) is 55.3 Å². The Hall–Kier alpha value is -5.64. The Bertz CT molecular complexity index is 2380. The second-order valence-corrected chi connectivity index (χ2v) is 18.6. The third kappa shape index (κ3) is 12.4. The number of aromatic nitrogens is 1. The monoisotopic (exact) mass is 961 g/mol. The van der Waals surface area contributed by atoms with Crippen LogP contribution in [-0.2, 0) is 43.5 Å². The van der Waals surface area contributed by atoms with Gasteiger partial charge in [0.05, 0.1) is 43.8 Å². The first kappa shape index (κ1) is 50.7. The minimum atomic E-state index is -1.56. The van der Waals surface area contributed by atoms with Crippen molar-refractivity contribution in [1.82, 2.24) is 9.88 Å². The van der Waals surface area contributed by atoms with Crippen molar-refractivity contribution in [2.45, 2.75) is 115 Å². The van der Waals surface area contributed by atoms with Crippen molar-refractivity contribution in [3.63, 3.8) is 0 Å². The lowest BCUT2D eigenvalue weighted by Crippen LogP contribution is -2.70. The largest absolute Gasteiger partial charge is 0.487 e. The fraction of sp³-hybridized carbons (Fsp3) is 0.482. The zero-order valence-corrected chi connectivity index (χ0v) is 40.3. The molecule has 2 aliphatic heterocycles. The van der Waals surface area contributed by atoms with Gasteiger partial charge in [0, 0.05) is 49.8 Å². The van der Waals surface area contributed by atoms with Gasteiger partial charge in [0.25, 0.3) is 0 Å². The van der Waals surface area contributed by atoms with Crippen LogP contribution >= 0.6 is 0 Å². The van der Waals surface area contributed by atoms with Crippen LogP contribution in [0.5, 0.6) is 11.5 Å². The standard InChI is InChI=1S/C56H68FN3O10/c1-3-29-68-56-51(60(36-40-21-23-43(57)24-22-40)55(63)66-32-31-64-37-41-15-5-4-6-16-41)35-49(59-70-52-20-9-12-30-65-52)47-33-42(17-7-10-27-61)46(19-8-11-28-62)53(54(47)56)48-34-45(25-26-50(48)69-56)67-38-44-18-13-14-39(2)58-44/h3-6,13-16,18,21-26,33-34,42,46,51-54,61-62H,1,7-12,17,19-20,27-32,35-38H2,2H3/t42-,46+,51-,52?,53+,54+,56+/m0/s1. The summed E-state index contributed by atoms with van der Waals surface area (Å²) in [4.78, 5) is 27.6. The van der Waals surface area contributed by atoms with Crippen LogP contribution in [-0.4, -0.2) is 89.7 Å². The molecule has 3 aromatic carbocycles. The van der Waals surface area contributed by atoms with Gasteiger partial charge in [0.15, 0.2) is 0 Å². The van der Waals surface area contributed by atoms with E-state index in [4.69, 9.17) is 38.4 Å². The molecule has 4 aromatic rings. The van der Waals surface area contributed by atoms with Crippen molar-refractivity contribution in [3.8, 4) is 11.5 Å². The maximum atomic E-state index is 15.0. The molecular formula is C56H68FN3O10. The summed E-state index contributed by atoms with van der Waals surface area (Å²) in [6.45, 7) is 7.54. The summed E-state index contributed by atoms with van der Waals surface area (Å²) >= 11 is 0. The Kier molecular flexibility index (Phi) is 18.1. The first-order valence-corrected chi connectivity index (χ1v) is 25.0. The quantitative estimate of drug-likeness (QED) is 0.0392. The Morgan fingerprint density at radius 2 is 1.76 bits per heavy atom. The van der Waals surface area contributed by atoms with Gasteiger partial charge in [-0.2, -0.15) is 0 Å². The molecule has 0 radical (unpaired) electrons. The Balaban J connectivity index is 1.26. The van der Waals surface area contributed by atoms with Gasteiger partial charge in [0.1, 0.15) is 36.6 Å². The van der Waals surface area contributed by atoms with Gasteiger partial charge < -0.3 is 43.5 Å². The van der Waals surface area contributed by atoms with E-state index in [1.54, 1.807) is 23.1 Å². The van der Waals surface area contributed by atoms with Gasteiger partial charge in [-0.25, -0.2) is 9.18 Å². The van der Waals surface area contributed by atoms with Crippen LogP contribution in [0.1, 0.15) is 98.2 Å². The number of nitrogens with zero attached hydrogens (tertiary/aromatic N) is 3. The number of ether oxygens (including phenoxy) is 6. The summed E-state index contributed by atoms with van der Waals surface area (Å²) in [5.41, 5.74) is 5.79. The fourth-order valence-corrected chi connectivity index (χ4v) is 10.6. The molecule has 0 spiro atoms. The topological polar surface area (TPSA) is 151 Å². The van der Waals surface area contributed by atoms with Crippen molar-refractivity contribution in [2.24, 2.45) is 22.9 Å². The summed E-state index contributed by atoms with van der Waals surface area (Å²) in [6, 6.07) is 26.7. The van der Waals surface area contributed by atoms with E-state index in [-0.39, 0.29) is 70.4 Å². The van der Waals surface area contributed by atoms with Crippen molar-refractivity contribution < 1.29 is 52.7 Å². The second-order valence-electron chi connectivity index (χ2n) is 18.6. The fourth-order valence-electron chi connectivity index (χ4n) is 10.6. The number of aryl methyl sites for hydroxylation is 1. The third-order valence-corrected chi connectivity index (χ3v) is 13.8. The molecule has 4 aliphatic rings. The molecule has 1 unspecified atom stereocenters. The zero-order valence-electron chi connectivity index (χ0n) is 40.3. The van der Waals surface area contributed by atoms with E-state index in [1.807, 2.05) is 67.6 Å². The van der Waals surface area contributed by atoms with Crippen LogP contribution in [0.15, 0.2) is 120 Å². The molecule has 14 heteroatoms. The smallest absolute Gasteiger partial charge is 0.410 e. The third-order valence-electron chi connectivity index (χ3n) is 13.8. The van der Waals surface area contributed by atoms with E-state index in [0.717, 1.165) is 66.6 Å². The lowest BCUT2D eigenvalue weighted by atomic mass is 9.55. The van der Waals surface area contributed by atoms with Gasteiger partial charge >= 0.3 is 6.09 Å². The number of hydrogen-bond acceptors (Lipinski definition) is 12. The minimum absolute atomic E-state index is 0.0103. The van der Waals surface area contributed by atoms with Gasteiger partial charge in [0.2, 0.25) is 12.1 Å². The number of aliphatic hydroxyl groups is 2. The number of oxime groups is 1. The number of rotatable bonds is 24. The molecule has 8 rings (SSSR count). The molecule has 2 N–H and O–H groups in total. The average Bonchev–Trinajstić information content (AvgIpc) is 3.38. The Morgan fingerprint density at radius 1 is 0.943 bits per heavy atom. The van der Waals surface area contributed by atoms with Crippen LogP contribution in [0.2, 0.25) is 0 Å². The van der Waals surface area contributed by atoms with E-state index >= 15 is 4.79 Å². The summed E-state index contributed by atoms with van der Waals surface area (Å²) in [7, 11) is 0. The molecule has 13 nitrogen and oxygen atoms in total.